The standard InChI is InChI=1S/C17H16FNO4S/c1-24(21,22)13-6-7-14(18)15(9-13)19-17(20)12-8-11-4-2-3-5-16(11)23-10-12/h2-7,9,12H,8,10H2,1H3,(H,19,20). The third kappa shape index (κ3) is 3.41. The summed E-state index contributed by atoms with van der Waals surface area (Å²) in [6, 6.07) is 10.7. The third-order valence-electron chi connectivity index (χ3n) is 3.87. The maximum Gasteiger partial charge on any atom is 0.231 e. The molecule has 2 aromatic carbocycles. The summed E-state index contributed by atoms with van der Waals surface area (Å²) in [7, 11) is -3.49. The first-order valence-corrected chi connectivity index (χ1v) is 9.25. The van der Waals surface area contributed by atoms with Crippen molar-refractivity contribution in [2.24, 2.45) is 5.92 Å². The van der Waals surface area contributed by atoms with E-state index in [2.05, 4.69) is 5.32 Å². The predicted molar refractivity (Wildman–Crippen MR) is 87.3 cm³/mol. The summed E-state index contributed by atoms with van der Waals surface area (Å²) >= 11 is 0. The van der Waals surface area contributed by atoms with Gasteiger partial charge in [-0.2, -0.15) is 0 Å². The molecule has 1 N–H and O–H groups in total. The van der Waals surface area contributed by atoms with Crippen LogP contribution in [0.5, 0.6) is 5.75 Å². The highest BCUT2D eigenvalue weighted by Gasteiger charge is 2.26. The van der Waals surface area contributed by atoms with E-state index < -0.39 is 27.5 Å². The minimum atomic E-state index is -3.49. The predicted octanol–water partition coefficient (Wildman–Crippen LogP) is 2.42. The molecule has 0 radical (unpaired) electrons. The van der Waals surface area contributed by atoms with Crippen molar-refractivity contribution in [2.45, 2.75) is 11.3 Å². The topological polar surface area (TPSA) is 72.5 Å². The van der Waals surface area contributed by atoms with Gasteiger partial charge in [-0.05, 0) is 36.2 Å². The number of anilines is 1. The van der Waals surface area contributed by atoms with Crippen molar-refractivity contribution >= 4 is 21.4 Å². The number of rotatable bonds is 3. The fourth-order valence-corrected chi connectivity index (χ4v) is 3.21. The van der Waals surface area contributed by atoms with E-state index in [4.69, 9.17) is 4.74 Å². The van der Waals surface area contributed by atoms with E-state index in [9.17, 15) is 17.6 Å². The Kier molecular flexibility index (Phi) is 4.28. The summed E-state index contributed by atoms with van der Waals surface area (Å²) in [6.45, 7) is 0.191. The number of sulfone groups is 1. The molecule has 7 heteroatoms. The molecule has 1 aliphatic heterocycles. The van der Waals surface area contributed by atoms with Crippen molar-refractivity contribution in [1.29, 1.82) is 0 Å². The van der Waals surface area contributed by atoms with E-state index in [1.165, 1.54) is 6.07 Å². The van der Waals surface area contributed by atoms with Crippen LogP contribution in [0.3, 0.4) is 0 Å². The number of para-hydroxylation sites is 1. The van der Waals surface area contributed by atoms with E-state index in [0.29, 0.717) is 6.42 Å². The molecule has 1 heterocycles. The molecule has 0 spiro atoms. The lowest BCUT2D eigenvalue weighted by atomic mass is 9.96. The average molecular weight is 349 g/mol. The highest BCUT2D eigenvalue weighted by molar-refractivity contribution is 7.90. The number of ether oxygens (including phenoxy) is 1. The van der Waals surface area contributed by atoms with Crippen LogP contribution in [0, 0.1) is 11.7 Å². The van der Waals surface area contributed by atoms with Gasteiger partial charge in [-0.3, -0.25) is 4.79 Å². The van der Waals surface area contributed by atoms with E-state index >= 15 is 0 Å². The summed E-state index contributed by atoms with van der Waals surface area (Å²) in [5, 5.41) is 2.46. The molecule has 0 fully saturated rings. The highest BCUT2D eigenvalue weighted by atomic mass is 32.2. The number of nitrogens with one attached hydrogen (secondary N) is 1. The van der Waals surface area contributed by atoms with Gasteiger partial charge in [-0.25, -0.2) is 12.8 Å². The molecule has 0 saturated carbocycles. The Labute approximate surface area is 139 Å². The quantitative estimate of drug-likeness (QED) is 0.864. The summed E-state index contributed by atoms with van der Waals surface area (Å²) in [5.41, 5.74) is 0.760. The molecule has 0 aromatic heterocycles. The Hall–Kier alpha value is -2.41. The molecule has 3 rings (SSSR count). The van der Waals surface area contributed by atoms with E-state index in [1.54, 1.807) is 0 Å². The van der Waals surface area contributed by atoms with Crippen LogP contribution in [-0.2, 0) is 21.1 Å². The van der Waals surface area contributed by atoms with Gasteiger partial charge in [0.2, 0.25) is 5.91 Å². The number of hydrogen-bond donors (Lipinski definition) is 1. The maximum atomic E-state index is 13.9. The number of hydrogen-bond acceptors (Lipinski definition) is 4. The number of benzene rings is 2. The Morgan fingerprint density at radius 2 is 2.00 bits per heavy atom. The lowest BCUT2D eigenvalue weighted by molar-refractivity contribution is -0.121. The zero-order valence-electron chi connectivity index (χ0n) is 13.0. The SMILES string of the molecule is CS(=O)(=O)c1ccc(F)c(NC(=O)C2COc3ccccc3C2)c1. The van der Waals surface area contributed by atoms with Crippen LogP contribution >= 0.6 is 0 Å². The first-order valence-electron chi connectivity index (χ1n) is 7.36. The van der Waals surface area contributed by atoms with Gasteiger partial charge in [-0.1, -0.05) is 18.2 Å². The smallest absolute Gasteiger partial charge is 0.231 e. The monoisotopic (exact) mass is 349 g/mol. The van der Waals surface area contributed by atoms with Crippen molar-refractivity contribution in [1.82, 2.24) is 0 Å². The molecule has 24 heavy (non-hydrogen) atoms. The van der Waals surface area contributed by atoms with Crippen LogP contribution < -0.4 is 10.1 Å². The van der Waals surface area contributed by atoms with Crippen molar-refractivity contribution in [3.63, 3.8) is 0 Å². The van der Waals surface area contributed by atoms with E-state index in [1.807, 2.05) is 24.3 Å². The second-order valence-electron chi connectivity index (χ2n) is 5.72. The molecule has 1 aliphatic rings. The Bertz CT molecular complexity index is 895. The third-order valence-corrected chi connectivity index (χ3v) is 4.98. The normalized spacial score (nSPS) is 16.8. The Balaban J connectivity index is 1.79. The zero-order chi connectivity index (χ0) is 17.3. The van der Waals surface area contributed by atoms with Gasteiger partial charge in [0, 0.05) is 6.26 Å². The number of amides is 1. The molecular formula is C17H16FNO4S. The fraction of sp³-hybridized carbons (Fsp3) is 0.235. The molecule has 0 aliphatic carbocycles. The minimum absolute atomic E-state index is 0.0514. The van der Waals surface area contributed by atoms with Crippen LogP contribution in [-0.4, -0.2) is 27.2 Å². The maximum absolute atomic E-state index is 13.9. The summed E-state index contributed by atoms with van der Waals surface area (Å²) in [4.78, 5) is 12.3. The number of carbonyl (C=O) groups is 1. The summed E-state index contributed by atoms with van der Waals surface area (Å²) in [6.07, 6.45) is 1.51. The lowest BCUT2D eigenvalue weighted by Gasteiger charge is -2.24. The van der Waals surface area contributed by atoms with Gasteiger partial charge in [0.1, 0.15) is 18.2 Å². The molecule has 1 amide bonds. The lowest BCUT2D eigenvalue weighted by Crippen LogP contribution is -2.32. The number of halogens is 1. The number of fused-ring (bicyclic) bond motifs is 1. The Morgan fingerprint density at radius 3 is 2.75 bits per heavy atom. The van der Waals surface area contributed by atoms with Crippen molar-refractivity contribution in [3.05, 3.63) is 53.8 Å². The molecule has 5 nitrogen and oxygen atoms in total. The summed E-state index contributed by atoms with van der Waals surface area (Å²) in [5.74, 6) is -0.824. The molecule has 126 valence electrons. The van der Waals surface area contributed by atoms with E-state index in [-0.39, 0.29) is 17.2 Å². The van der Waals surface area contributed by atoms with Crippen molar-refractivity contribution in [2.75, 3.05) is 18.2 Å². The van der Waals surface area contributed by atoms with Crippen LogP contribution in [0.15, 0.2) is 47.4 Å². The molecule has 0 bridgehead atoms. The van der Waals surface area contributed by atoms with Crippen molar-refractivity contribution in [3.8, 4) is 5.75 Å². The average Bonchev–Trinajstić information content (AvgIpc) is 2.55. The van der Waals surface area contributed by atoms with Crippen molar-refractivity contribution < 1.29 is 22.3 Å². The molecule has 1 unspecified atom stereocenters. The zero-order valence-corrected chi connectivity index (χ0v) is 13.8. The summed E-state index contributed by atoms with van der Waals surface area (Å²) < 4.78 is 42.6. The van der Waals surface area contributed by atoms with Crippen LogP contribution in [0.1, 0.15) is 5.56 Å². The van der Waals surface area contributed by atoms with E-state index in [0.717, 1.165) is 29.7 Å². The second kappa shape index (κ2) is 6.24. The second-order valence-corrected chi connectivity index (χ2v) is 7.74. The van der Waals surface area contributed by atoms with Gasteiger partial charge < -0.3 is 10.1 Å². The van der Waals surface area contributed by atoms with Gasteiger partial charge in [-0.15, -0.1) is 0 Å². The molecule has 1 atom stereocenters. The van der Waals surface area contributed by atoms with Gasteiger partial charge in [0.25, 0.3) is 0 Å². The largest absolute Gasteiger partial charge is 0.492 e. The van der Waals surface area contributed by atoms with Gasteiger partial charge in [0.05, 0.1) is 16.5 Å². The highest BCUT2D eigenvalue weighted by Crippen LogP contribution is 2.28. The molecular weight excluding hydrogens is 333 g/mol. The minimum Gasteiger partial charge on any atom is -0.492 e. The first kappa shape index (κ1) is 16.4. The molecule has 2 aromatic rings. The molecule has 0 saturated heterocycles. The number of carbonyl (C=O) groups excluding carboxylic acids is 1. The van der Waals surface area contributed by atoms with Crippen LogP contribution in [0.4, 0.5) is 10.1 Å². The Morgan fingerprint density at radius 1 is 1.25 bits per heavy atom. The fourth-order valence-electron chi connectivity index (χ4n) is 2.56. The van der Waals surface area contributed by atoms with Gasteiger partial charge >= 0.3 is 0 Å². The van der Waals surface area contributed by atoms with Gasteiger partial charge in [0.15, 0.2) is 9.84 Å². The van der Waals surface area contributed by atoms with Crippen LogP contribution in [0.2, 0.25) is 0 Å². The first-order chi connectivity index (χ1) is 11.3. The van der Waals surface area contributed by atoms with Crippen LogP contribution in [0.25, 0.3) is 0 Å².